The summed E-state index contributed by atoms with van der Waals surface area (Å²) in [7, 11) is 1.34. The number of nitrogens with zero attached hydrogens (tertiary/aromatic N) is 1. The van der Waals surface area contributed by atoms with Gasteiger partial charge >= 0.3 is 12.0 Å². The molecule has 0 bridgehead atoms. The lowest BCUT2D eigenvalue weighted by atomic mass is 10.1. The van der Waals surface area contributed by atoms with Crippen LogP contribution in [-0.2, 0) is 9.53 Å². The first kappa shape index (κ1) is 21.1. The van der Waals surface area contributed by atoms with E-state index in [1.165, 1.54) is 37.1 Å². The second-order valence-corrected chi connectivity index (χ2v) is 6.82. The van der Waals surface area contributed by atoms with Gasteiger partial charge in [-0.1, -0.05) is 13.8 Å². The lowest BCUT2D eigenvalue weighted by Gasteiger charge is -2.14. The lowest BCUT2D eigenvalue weighted by molar-refractivity contribution is -0.127. The number of imide groups is 2. The maximum atomic E-state index is 12.5. The summed E-state index contributed by atoms with van der Waals surface area (Å²) in [6.45, 7) is 5.60. The number of carbonyl (C=O) groups is 5. The molecular weight excluding hydrogens is 366 g/mol. The van der Waals surface area contributed by atoms with Crippen LogP contribution in [0.25, 0.3) is 0 Å². The molecule has 0 fully saturated rings. The Labute approximate surface area is 162 Å². The Balaban J connectivity index is 2.11. The first-order chi connectivity index (χ1) is 13.1. The van der Waals surface area contributed by atoms with E-state index in [0.29, 0.717) is 18.9 Å². The van der Waals surface area contributed by atoms with Crippen LogP contribution in [0.5, 0.6) is 0 Å². The molecule has 0 saturated carbocycles. The van der Waals surface area contributed by atoms with Gasteiger partial charge in [0.15, 0.2) is 6.10 Å². The molecule has 0 aromatic heterocycles. The molecule has 0 spiro atoms. The predicted octanol–water partition coefficient (Wildman–Crippen LogP) is 1.33. The van der Waals surface area contributed by atoms with Crippen LogP contribution < -0.4 is 10.6 Å². The normalized spacial score (nSPS) is 14.0. The second-order valence-electron chi connectivity index (χ2n) is 6.82. The van der Waals surface area contributed by atoms with E-state index in [4.69, 9.17) is 4.74 Å². The molecule has 1 aliphatic rings. The topological polar surface area (TPSA) is 122 Å². The summed E-state index contributed by atoms with van der Waals surface area (Å²) >= 11 is 0. The number of amides is 5. The molecule has 9 heteroatoms. The predicted molar refractivity (Wildman–Crippen MR) is 98.7 cm³/mol. The maximum absolute atomic E-state index is 12.5. The fourth-order valence-electron chi connectivity index (χ4n) is 2.57. The third-order valence-corrected chi connectivity index (χ3v) is 4.25. The van der Waals surface area contributed by atoms with E-state index in [9.17, 15) is 24.0 Å². The van der Waals surface area contributed by atoms with Gasteiger partial charge in [0.2, 0.25) is 0 Å². The first-order valence-electron chi connectivity index (χ1n) is 8.89. The van der Waals surface area contributed by atoms with Gasteiger partial charge < -0.3 is 10.1 Å². The average molecular weight is 389 g/mol. The van der Waals surface area contributed by atoms with E-state index >= 15 is 0 Å². The molecule has 1 aliphatic heterocycles. The summed E-state index contributed by atoms with van der Waals surface area (Å²) in [6.07, 6.45) is -0.545. The van der Waals surface area contributed by atoms with Crippen molar-refractivity contribution >= 4 is 29.7 Å². The zero-order valence-corrected chi connectivity index (χ0v) is 16.2. The Kier molecular flexibility index (Phi) is 6.50. The van der Waals surface area contributed by atoms with Gasteiger partial charge in [0.1, 0.15) is 0 Å². The van der Waals surface area contributed by atoms with E-state index < -0.39 is 29.9 Å². The zero-order chi connectivity index (χ0) is 21.0. The van der Waals surface area contributed by atoms with Crippen molar-refractivity contribution in [1.29, 1.82) is 0 Å². The molecule has 0 unspecified atom stereocenters. The Morgan fingerprint density at radius 3 is 2.32 bits per heavy atom. The van der Waals surface area contributed by atoms with Crippen LogP contribution in [0.15, 0.2) is 18.2 Å². The van der Waals surface area contributed by atoms with Crippen LogP contribution >= 0.6 is 0 Å². The van der Waals surface area contributed by atoms with Crippen LogP contribution in [0, 0.1) is 5.92 Å². The van der Waals surface area contributed by atoms with Crippen molar-refractivity contribution in [3.05, 3.63) is 34.9 Å². The van der Waals surface area contributed by atoms with Crippen molar-refractivity contribution in [2.45, 2.75) is 33.3 Å². The summed E-state index contributed by atoms with van der Waals surface area (Å²) in [5.41, 5.74) is 0.395. The number of hydrogen-bond acceptors (Lipinski definition) is 6. The summed E-state index contributed by atoms with van der Waals surface area (Å²) in [5.74, 6) is -2.15. The van der Waals surface area contributed by atoms with Crippen molar-refractivity contribution in [2.75, 3.05) is 13.6 Å². The van der Waals surface area contributed by atoms with Crippen molar-refractivity contribution in [3.8, 4) is 0 Å². The highest BCUT2D eigenvalue weighted by Crippen LogP contribution is 2.25. The fourth-order valence-corrected chi connectivity index (χ4v) is 2.57. The smallest absolute Gasteiger partial charge is 0.338 e. The van der Waals surface area contributed by atoms with Crippen LogP contribution in [0.3, 0.4) is 0 Å². The van der Waals surface area contributed by atoms with Crippen molar-refractivity contribution in [1.82, 2.24) is 15.5 Å². The highest BCUT2D eigenvalue weighted by Gasteiger charge is 2.36. The van der Waals surface area contributed by atoms with E-state index in [-0.39, 0.29) is 22.6 Å². The molecule has 9 nitrogen and oxygen atoms in total. The molecule has 1 aromatic carbocycles. The number of nitrogens with one attached hydrogen (secondary N) is 2. The molecular formula is C19H23N3O6. The van der Waals surface area contributed by atoms with Crippen LogP contribution in [-0.4, -0.2) is 54.3 Å². The van der Waals surface area contributed by atoms with E-state index in [2.05, 4.69) is 5.32 Å². The minimum atomic E-state index is -1.22. The van der Waals surface area contributed by atoms with Gasteiger partial charge in [-0.05, 0) is 37.5 Å². The SMILES string of the molecule is CNC(=O)NC(=O)[C@@H](C)OC(=O)c1ccc2c(c1)C(=O)N(CCC(C)C)C2=O. The molecule has 1 atom stereocenters. The number of carbonyl (C=O) groups excluding carboxylic acids is 5. The monoisotopic (exact) mass is 389 g/mol. The van der Waals surface area contributed by atoms with Gasteiger partial charge in [0.05, 0.1) is 16.7 Å². The Bertz CT molecular complexity index is 833. The maximum Gasteiger partial charge on any atom is 0.338 e. The van der Waals surface area contributed by atoms with Crippen molar-refractivity contribution in [2.24, 2.45) is 5.92 Å². The van der Waals surface area contributed by atoms with Gasteiger partial charge in [-0.15, -0.1) is 0 Å². The van der Waals surface area contributed by atoms with Crippen molar-refractivity contribution < 1.29 is 28.7 Å². The van der Waals surface area contributed by atoms with Gasteiger partial charge in [-0.3, -0.25) is 24.6 Å². The Morgan fingerprint density at radius 2 is 1.71 bits per heavy atom. The standard InChI is InChI=1S/C19H23N3O6/c1-10(2)7-8-22-16(24)13-6-5-12(9-14(13)17(22)25)18(26)28-11(3)15(23)21-19(27)20-4/h5-6,9-11H,7-8H2,1-4H3,(H2,20,21,23,27)/t11-/m1/s1. The zero-order valence-electron chi connectivity index (χ0n) is 16.2. The number of urea groups is 1. The Morgan fingerprint density at radius 1 is 1.07 bits per heavy atom. The van der Waals surface area contributed by atoms with Gasteiger partial charge in [-0.25, -0.2) is 9.59 Å². The molecule has 28 heavy (non-hydrogen) atoms. The van der Waals surface area contributed by atoms with Crippen LogP contribution in [0.1, 0.15) is 58.3 Å². The third-order valence-electron chi connectivity index (χ3n) is 4.25. The molecule has 0 saturated heterocycles. The number of benzene rings is 1. The van der Waals surface area contributed by atoms with E-state index in [0.717, 1.165) is 0 Å². The summed E-state index contributed by atoms with van der Waals surface area (Å²) in [6, 6.07) is 3.32. The number of ether oxygens (including phenoxy) is 1. The van der Waals surface area contributed by atoms with Gasteiger partial charge in [0.25, 0.3) is 17.7 Å². The van der Waals surface area contributed by atoms with E-state index in [1.54, 1.807) is 0 Å². The van der Waals surface area contributed by atoms with Crippen LogP contribution in [0.4, 0.5) is 4.79 Å². The highest BCUT2D eigenvalue weighted by molar-refractivity contribution is 6.22. The fraction of sp³-hybridized carbons (Fsp3) is 0.421. The third kappa shape index (κ3) is 4.54. The molecule has 2 rings (SSSR count). The summed E-state index contributed by atoms with van der Waals surface area (Å²) in [4.78, 5) is 61.3. The molecule has 5 amide bonds. The summed E-state index contributed by atoms with van der Waals surface area (Å²) in [5, 5.41) is 4.21. The van der Waals surface area contributed by atoms with Gasteiger partial charge in [0, 0.05) is 13.6 Å². The van der Waals surface area contributed by atoms with Gasteiger partial charge in [-0.2, -0.15) is 0 Å². The minimum Gasteiger partial charge on any atom is -0.449 e. The molecule has 0 aliphatic carbocycles. The molecule has 150 valence electrons. The number of esters is 1. The number of rotatable bonds is 6. The number of hydrogen-bond donors (Lipinski definition) is 2. The highest BCUT2D eigenvalue weighted by atomic mass is 16.5. The van der Waals surface area contributed by atoms with Crippen molar-refractivity contribution in [3.63, 3.8) is 0 Å². The minimum absolute atomic E-state index is 0.0326. The quantitative estimate of drug-likeness (QED) is 0.559. The van der Waals surface area contributed by atoms with Crippen LogP contribution in [0.2, 0.25) is 0 Å². The molecule has 2 N–H and O–H groups in total. The largest absolute Gasteiger partial charge is 0.449 e. The Hall–Kier alpha value is -3.23. The average Bonchev–Trinajstić information content (AvgIpc) is 2.89. The number of fused-ring (bicyclic) bond motifs is 1. The lowest BCUT2D eigenvalue weighted by Crippen LogP contribution is -2.43. The molecule has 1 heterocycles. The second kappa shape index (κ2) is 8.64. The van der Waals surface area contributed by atoms with E-state index in [1.807, 2.05) is 19.2 Å². The molecule has 1 aromatic rings. The molecule has 0 radical (unpaired) electrons. The first-order valence-corrected chi connectivity index (χ1v) is 8.89. The summed E-state index contributed by atoms with van der Waals surface area (Å²) < 4.78 is 5.03.